The molecule has 2 aromatic rings. The Morgan fingerprint density at radius 3 is 2.95 bits per heavy atom. The summed E-state index contributed by atoms with van der Waals surface area (Å²) >= 11 is 6.04. The number of nitrogens with one attached hydrogen (secondary N) is 1. The number of benzene rings is 1. The average Bonchev–Trinajstić information content (AvgIpc) is 2.84. The van der Waals surface area contributed by atoms with Crippen LogP contribution in [-0.2, 0) is 20.2 Å². The lowest BCUT2D eigenvalue weighted by molar-refractivity contribution is 0.286. The minimum Gasteiger partial charge on any atom is -0.485 e. The molecule has 1 heterocycles. The van der Waals surface area contributed by atoms with Crippen molar-refractivity contribution in [3.05, 3.63) is 40.9 Å². The zero-order valence-electron chi connectivity index (χ0n) is 11.8. The summed E-state index contributed by atoms with van der Waals surface area (Å²) in [5.74, 6) is 1.61. The van der Waals surface area contributed by atoms with E-state index >= 15 is 0 Å². The molecule has 5 nitrogen and oxygen atoms in total. The summed E-state index contributed by atoms with van der Waals surface area (Å²) in [6.07, 6.45) is 2.61. The summed E-state index contributed by atoms with van der Waals surface area (Å²) in [5.41, 5.74) is 1.05. The van der Waals surface area contributed by atoms with E-state index in [-0.39, 0.29) is 0 Å². The van der Waals surface area contributed by atoms with Crippen molar-refractivity contribution in [3.63, 3.8) is 0 Å². The first-order chi connectivity index (χ1) is 9.70. The molecule has 0 aliphatic rings. The van der Waals surface area contributed by atoms with Gasteiger partial charge >= 0.3 is 0 Å². The Bertz CT molecular complexity index is 556. The minimum atomic E-state index is 0.388. The Morgan fingerprint density at radius 1 is 1.40 bits per heavy atom. The molecule has 0 aliphatic heterocycles. The fourth-order valence-corrected chi connectivity index (χ4v) is 2.01. The first-order valence-electron chi connectivity index (χ1n) is 6.65. The van der Waals surface area contributed by atoms with Crippen LogP contribution in [0.3, 0.4) is 0 Å². The Balaban J connectivity index is 2.04. The summed E-state index contributed by atoms with van der Waals surface area (Å²) in [5, 5.41) is 8.08. The molecule has 0 saturated heterocycles. The van der Waals surface area contributed by atoms with Gasteiger partial charge in [0, 0.05) is 24.2 Å². The van der Waals surface area contributed by atoms with E-state index in [1.165, 1.54) is 6.33 Å². The second kappa shape index (κ2) is 7.26. The maximum absolute atomic E-state index is 6.04. The Labute approximate surface area is 123 Å². The van der Waals surface area contributed by atoms with Gasteiger partial charge in [0.25, 0.3) is 0 Å². The van der Waals surface area contributed by atoms with Crippen LogP contribution in [0.1, 0.15) is 24.7 Å². The number of rotatable bonds is 7. The monoisotopic (exact) mass is 294 g/mol. The SMILES string of the molecule is CCCNCc1cc(Cl)ccc1OCc1ncnn1C. The number of halogens is 1. The van der Waals surface area contributed by atoms with Crippen LogP contribution in [0.2, 0.25) is 5.02 Å². The summed E-state index contributed by atoms with van der Waals surface area (Å²) in [7, 11) is 1.84. The third-order valence-corrected chi connectivity index (χ3v) is 3.16. The van der Waals surface area contributed by atoms with Crippen LogP contribution in [-0.4, -0.2) is 21.3 Å². The van der Waals surface area contributed by atoms with Crippen LogP contribution in [0.4, 0.5) is 0 Å². The number of nitrogens with zero attached hydrogens (tertiary/aromatic N) is 3. The summed E-state index contributed by atoms with van der Waals surface area (Å²) < 4.78 is 7.53. The second-order valence-corrected chi connectivity index (χ2v) is 4.95. The first-order valence-corrected chi connectivity index (χ1v) is 7.03. The fraction of sp³-hybridized carbons (Fsp3) is 0.429. The highest BCUT2D eigenvalue weighted by Crippen LogP contribution is 2.23. The Hall–Kier alpha value is -1.59. The van der Waals surface area contributed by atoms with Gasteiger partial charge in [-0.25, -0.2) is 4.98 Å². The molecule has 2 rings (SSSR count). The van der Waals surface area contributed by atoms with Gasteiger partial charge in [-0.1, -0.05) is 18.5 Å². The van der Waals surface area contributed by atoms with Gasteiger partial charge in [-0.2, -0.15) is 5.10 Å². The van der Waals surface area contributed by atoms with Crippen molar-refractivity contribution in [1.29, 1.82) is 0 Å². The molecule has 6 heteroatoms. The highest BCUT2D eigenvalue weighted by molar-refractivity contribution is 6.30. The van der Waals surface area contributed by atoms with Gasteiger partial charge in [0.2, 0.25) is 0 Å². The lowest BCUT2D eigenvalue weighted by Crippen LogP contribution is -2.15. The number of aryl methyl sites for hydroxylation is 1. The van der Waals surface area contributed by atoms with Crippen molar-refractivity contribution in [2.75, 3.05) is 6.54 Å². The summed E-state index contributed by atoms with van der Waals surface area (Å²) in [4.78, 5) is 4.14. The molecule has 0 bridgehead atoms. The van der Waals surface area contributed by atoms with Gasteiger partial charge in [-0.3, -0.25) is 4.68 Å². The van der Waals surface area contributed by atoms with Gasteiger partial charge in [0.15, 0.2) is 5.82 Å². The number of hydrogen-bond acceptors (Lipinski definition) is 4. The molecule has 0 unspecified atom stereocenters. The molecule has 1 aromatic carbocycles. The molecule has 0 radical (unpaired) electrons. The van der Waals surface area contributed by atoms with Crippen molar-refractivity contribution < 1.29 is 4.74 Å². The van der Waals surface area contributed by atoms with Gasteiger partial charge in [0.05, 0.1) is 0 Å². The van der Waals surface area contributed by atoms with E-state index in [2.05, 4.69) is 22.3 Å². The lowest BCUT2D eigenvalue weighted by atomic mass is 10.2. The molecule has 0 spiro atoms. The van der Waals surface area contributed by atoms with Gasteiger partial charge in [-0.15, -0.1) is 0 Å². The molecule has 20 heavy (non-hydrogen) atoms. The maximum Gasteiger partial charge on any atom is 0.164 e. The number of aromatic nitrogens is 3. The van der Waals surface area contributed by atoms with Gasteiger partial charge in [-0.05, 0) is 31.2 Å². The molecule has 0 amide bonds. The molecular formula is C14H19ClN4O. The van der Waals surface area contributed by atoms with Crippen LogP contribution in [0.5, 0.6) is 5.75 Å². The molecule has 0 aliphatic carbocycles. The van der Waals surface area contributed by atoms with Crippen molar-refractivity contribution in [1.82, 2.24) is 20.1 Å². The summed E-state index contributed by atoms with van der Waals surface area (Å²) in [6.45, 7) is 4.23. The van der Waals surface area contributed by atoms with E-state index in [1.807, 2.05) is 25.2 Å². The van der Waals surface area contributed by atoms with Crippen molar-refractivity contribution in [3.8, 4) is 5.75 Å². The third-order valence-electron chi connectivity index (χ3n) is 2.93. The Morgan fingerprint density at radius 2 is 2.25 bits per heavy atom. The highest BCUT2D eigenvalue weighted by atomic mass is 35.5. The first kappa shape index (κ1) is 14.8. The van der Waals surface area contributed by atoms with E-state index in [9.17, 15) is 0 Å². The van der Waals surface area contributed by atoms with E-state index in [4.69, 9.17) is 16.3 Å². The molecule has 0 fully saturated rings. The van der Waals surface area contributed by atoms with Crippen LogP contribution in [0, 0.1) is 0 Å². The van der Waals surface area contributed by atoms with Crippen LogP contribution >= 0.6 is 11.6 Å². The summed E-state index contributed by atoms with van der Waals surface area (Å²) in [6, 6.07) is 5.65. The molecule has 108 valence electrons. The second-order valence-electron chi connectivity index (χ2n) is 4.52. The maximum atomic E-state index is 6.04. The topological polar surface area (TPSA) is 52.0 Å². The Kier molecular flexibility index (Phi) is 5.38. The van der Waals surface area contributed by atoms with Crippen LogP contribution in [0.15, 0.2) is 24.5 Å². The smallest absolute Gasteiger partial charge is 0.164 e. The molecule has 1 aromatic heterocycles. The zero-order valence-corrected chi connectivity index (χ0v) is 12.5. The van der Waals surface area contributed by atoms with Crippen LogP contribution in [0.25, 0.3) is 0 Å². The zero-order chi connectivity index (χ0) is 14.4. The van der Waals surface area contributed by atoms with E-state index < -0.39 is 0 Å². The minimum absolute atomic E-state index is 0.388. The average molecular weight is 295 g/mol. The number of ether oxygens (including phenoxy) is 1. The lowest BCUT2D eigenvalue weighted by Gasteiger charge is -2.12. The van der Waals surface area contributed by atoms with E-state index in [0.29, 0.717) is 11.6 Å². The fourth-order valence-electron chi connectivity index (χ4n) is 1.82. The quantitative estimate of drug-likeness (QED) is 0.797. The largest absolute Gasteiger partial charge is 0.485 e. The molecule has 0 atom stereocenters. The number of hydrogen-bond donors (Lipinski definition) is 1. The van der Waals surface area contributed by atoms with Crippen molar-refractivity contribution in [2.45, 2.75) is 26.5 Å². The predicted molar refractivity (Wildman–Crippen MR) is 78.8 cm³/mol. The van der Waals surface area contributed by atoms with Crippen LogP contribution < -0.4 is 10.1 Å². The van der Waals surface area contributed by atoms with Gasteiger partial charge in [0.1, 0.15) is 18.7 Å². The third kappa shape index (κ3) is 3.95. The highest BCUT2D eigenvalue weighted by Gasteiger charge is 2.07. The van der Waals surface area contributed by atoms with Gasteiger partial charge < -0.3 is 10.1 Å². The predicted octanol–water partition coefficient (Wildman–Crippen LogP) is 2.55. The normalized spacial score (nSPS) is 10.8. The standard InChI is InChI=1S/C14H19ClN4O/c1-3-6-16-8-11-7-12(15)4-5-13(11)20-9-14-17-10-18-19(14)2/h4-5,7,10,16H,3,6,8-9H2,1-2H3. The van der Waals surface area contributed by atoms with E-state index in [1.54, 1.807) is 4.68 Å². The van der Waals surface area contributed by atoms with Crippen molar-refractivity contribution >= 4 is 11.6 Å². The molecular weight excluding hydrogens is 276 g/mol. The van der Waals surface area contributed by atoms with Crippen molar-refractivity contribution in [2.24, 2.45) is 7.05 Å². The molecule has 0 saturated carbocycles. The van der Waals surface area contributed by atoms with E-state index in [0.717, 1.165) is 36.6 Å². The molecule has 1 N–H and O–H groups in total.